The Balaban J connectivity index is 1.79. The first-order chi connectivity index (χ1) is 9.58. The molecule has 112 valence electrons. The summed E-state index contributed by atoms with van der Waals surface area (Å²) in [4.78, 5) is 2.46. The van der Waals surface area contributed by atoms with E-state index < -0.39 is 0 Å². The fourth-order valence-corrected chi connectivity index (χ4v) is 2.73. The molecule has 1 unspecified atom stereocenters. The Morgan fingerprint density at radius 3 is 2.60 bits per heavy atom. The van der Waals surface area contributed by atoms with E-state index in [1.165, 1.54) is 38.1 Å². The summed E-state index contributed by atoms with van der Waals surface area (Å²) in [7, 11) is 0. The van der Waals surface area contributed by atoms with Gasteiger partial charge in [0.25, 0.3) is 0 Å². The van der Waals surface area contributed by atoms with Crippen LogP contribution in [0.25, 0.3) is 0 Å². The molecule has 1 aliphatic heterocycles. The molecule has 0 radical (unpaired) electrons. The van der Waals surface area contributed by atoms with E-state index in [-0.39, 0.29) is 17.7 Å². The number of likely N-dealkylation sites (tertiary alicyclic amines) is 1. The van der Waals surface area contributed by atoms with E-state index in [0.717, 1.165) is 19.5 Å². The Hall–Kier alpha value is -1.00. The molecular formula is C16H24F2N2. The van der Waals surface area contributed by atoms with Crippen LogP contribution in [0.4, 0.5) is 8.78 Å². The van der Waals surface area contributed by atoms with Gasteiger partial charge >= 0.3 is 0 Å². The van der Waals surface area contributed by atoms with Crippen molar-refractivity contribution in [3.05, 3.63) is 34.9 Å². The molecule has 2 nitrogen and oxygen atoms in total. The number of nitrogens with zero attached hydrogens (tertiary/aromatic N) is 1. The smallest absolute Gasteiger partial charge is 0.128 e. The Bertz CT molecular complexity index is 442. The van der Waals surface area contributed by atoms with Crippen LogP contribution in [0.5, 0.6) is 0 Å². The van der Waals surface area contributed by atoms with Crippen LogP contribution in [0, 0.1) is 18.6 Å². The van der Waals surface area contributed by atoms with Crippen molar-refractivity contribution >= 4 is 0 Å². The topological polar surface area (TPSA) is 15.3 Å². The fourth-order valence-electron chi connectivity index (χ4n) is 2.73. The molecule has 0 aromatic heterocycles. The summed E-state index contributed by atoms with van der Waals surface area (Å²) in [6.45, 7) is 7.77. The third-order valence-electron chi connectivity index (χ3n) is 4.04. The zero-order chi connectivity index (χ0) is 14.5. The molecule has 1 heterocycles. The van der Waals surface area contributed by atoms with Gasteiger partial charge in [-0.2, -0.15) is 0 Å². The van der Waals surface area contributed by atoms with Gasteiger partial charge in [0.15, 0.2) is 0 Å². The van der Waals surface area contributed by atoms with Crippen LogP contribution in [0.2, 0.25) is 0 Å². The summed E-state index contributed by atoms with van der Waals surface area (Å²) < 4.78 is 27.3. The SMILES string of the molecule is Cc1cc(F)c(C(C)NCCCN2CCCC2)cc1F. The summed E-state index contributed by atoms with van der Waals surface area (Å²) in [5.41, 5.74) is 0.766. The minimum atomic E-state index is -0.341. The van der Waals surface area contributed by atoms with Crippen LogP contribution in [0.3, 0.4) is 0 Å². The number of halogens is 2. The summed E-state index contributed by atoms with van der Waals surface area (Å²) in [5, 5.41) is 3.28. The molecule has 1 fully saturated rings. The lowest BCUT2D eigenvalue weighted by molar-refractivity contribution is 0.328. The molecule has 0 aliphatic carbocycles. The van der Waals surface area contributed by atoms with Gasteiger partial charge in [-0.25, -0.2) is 8.78 Å². The molecule has 0 spiro atoms. The van der Waals surface area contributed by atoms with Gasteiger partial charge in [-0.3, -0.25) is 0 Å². The minimum absolute atomic E-state index is 0.163. The van der Waals surface area contributed by atoms with Gasteiger partial charge in [0, 0.05) is 11.6 Å². The third kappa shape index (κ3) is 4.00. The fraction of sp³-hybridized carbons (Fsp3) is 0.625. The molecule has 1 saturated heterocycles. The molecule has 0 amide bonds. The van der Waals surface area contributed by atoms with Gasteiger partial charge in [-0.1, -0.05) is 0 Å². The van der Waals surface area contributed by atoms with E-state index in [0.29, 0.717) is 11.1 Å². The van der Waals surface area contributed by atoms with Gasteiger partial charge in [0.05, 0.1) is 0 Å². The summed E-state index contributed by atoms with van der Waals surface area (Å²) in [6, 6.07) is 2.42. The zero-order valence-electron chi connectivity index (χ0n) is 12.4. The third-order valence-corrected chi connectivity index (χ3v) is 4.04. The van der Waals surface area contributed by atoms with E-state index in [9.17, 15) is 8.78 Å². The average molecular weight is 282 g/mol. The van der Waals surface area contributed by atoms with Crippen molar-refractivity contribution in [2.24, 2.45) is 0 Å². The summed E-state index contributed by atoms with van der Waals surface area (Å²) in [6.07, 6.45) is 3.65. The van der Waals surface area contributed by atoms with Crippen LogP contribution < -0.4 is 5.32 Å². The Morgan fingerprint density at radius 2 is 1.90 bits per heavy atom. The number of benzene rings is 1. The molecule has 1 aliphatic rings. The molecule has 1 N–H and O–H groups in total. The van der Waals surface area contributed by atoms with E-state index in [4.69, 9.17) is 0 Å². The second-order valence-corrected chi connectivity index (χ2v) is 5.70. The average Bonchev–Trinajstić information content (AvgIpc) is 2.92. The first kappa shape index (κ1) is 15.4. The highest BCUT2D eigenvalue weighted by molar-refractivity contribution is 5.27. The van der Waals surface area contributed by atoms with Crippen LogP contribution in [0.15, 0.2) is 12.1 Å². The Labute approximate surface area is 120 Å². The maximum absolute atomic E-state index is 13.8. The lowest BCUT2D eigenvalue weighted by Crippen LogP contribution is -2.26. The van der Waals surface area contributed by atoms with Crippen LogP contribution in [-0.4, -0.2) is 31.1 Å². The van der Waals surface area contributed by atoms with Gasteiger partial charge in [-0.05, 0) is 77.0 Å². The molecule has 2 rings (SSSR count). The molecule has 1 aromatic rings. The lowest BCUT2D eigenvalue weighted by atomic mass is 10.0. The normalized spacial score (nSPS) is 17.6. The Morgan fingerprint density at radius 1 is 1.20 bits per heavy atom. The maximum atomic E-state index is 13.8. The molecule has 1 aromatic carbocycles. The monoisotopic (exact) mass is 282 g/mol. The van der Waals surface area contributed by atoms with Crippen molar-refractivity contribution in [1.82, 2.24) is 10.2 Å². The molecule has 20 heavy (non-hydrogen) atoms. The predicted molar refractivity (Wildman–Crippen MR) is 77.8 cm³/mol. The number of aryl methyl sites for hydroxylation is 1. The van der Waals surface area contributed by atoms with Crippen molar-refractivity contribution in [3.8, 4) is 0 Å². The second-order valence-electron chi connectivity index (χ2n) is 5.70. The maximum Gasteiger partial charge on any atom is 0.128 e. The largest absolute Gasteiger partial charge is 0.310 e. The number of nitrogens with one attached hydrogen (secondary N) is 1. The molecule has 1 atom stereocenters. The van der Waals surface area contributed by atoms with E-state index >= 15 is 0 Å². The van der Waals surface area contributed by atoms with Gasteiger partial charge in [0.2, 0.25) is 0 Å². The highest BCUT2D eigenvalue weighted by Gasteiger charge is 2.14. The van der Waals surface area contributed by atoms with Crippen molar-refractivity contribution in [2.45, 2.75) is 39.2 Å². The highest BCUT2D eigenvalue weighted by atomic mass is 19.1. The van der Waals surface area contributed by atoms with Crippen LogP contribution in [0.1, 0.15) is 43.4 Å². The van der Waals surface area contributed by atoms with E-state index in [1.54, 1.807) is 6.92 Å². The Kier molecular flexibility index (Phi) is 5.49. The standard InChI is InChI=1S/C16H24F2N2/c1-12-10-16(18)14(11-15(12)17)13(2)19-6-5-9-20-7-3-4-8-20/h10-11,13,19H,3-9H2,1-2H3. The van der Waals surface area contributed by atoms with Gasteiger partial charge in [-0.15, -0.1) is 0 Å². The van der Waals surface area contributed by atoms with Crippen LogP contribution >= 0.6 is 0 Å². The van der Waals surface area contributed by atoms with Crippen molar-refractivity contribution in [3.63, 3.8) is 0 Å². The number of rotatable bonds is 6. The first-order valence-corrected chi connectivity index (χ1v) is 7.49. The van der Waals surface area contributed by atoms with Crippen molar-refractivity contribution in [2.75, 3.05) is 26.2 Å². The first-order valence-electron chi connectivity index (χ1n) is 7.49. The predicted octanol–water partition coefficient (Wildman–Crippen LogP) is 3.41. The minimum Gasteiger partial charge on any atom is -0.310 e. The molecule has 4 heteroatoms. The van der Waals surface area contributed by atoms with Gasteiger partial charge in [0.1, 0.15) is 11.6 Å². The molecule has 0 bridgehead atoms. The lowest BCUT2D eigenvalue weighted by Gasteiger charge is -2.18. The second kappa shape index (κ2) is 7.14. The quantitative estimate of drug-likeness (QED) is 0.804. The van der Waals surface area contributed by atoms with Crippen LogP contribution in [-0.2, 0) is 0 Å². The molecular weight excluding hydrogens is 258 g/mol. The highest BCUT2D eigenvalue weighted by Crippen LogP contribution is 2.20. The van der Waals surface area contributed by atoms with E-state index in [1.807, 2.05) is 6.92 Å². The summed E-state index contributed by atoms with van der Waals surface area (Å²) >= 11 is 0. The van der Waals surface area contributed by atoms with E-state index in [2.05, 4.69) is 10.2 Å². The van der Waals surface area contributed by atoms with Crippen molar-refractivity contribution < 1.29 is 8.78 Å². The molecule has 0 saturated carbocycles. The number of hydrogen-bond acceptors (Lipinski definition) is 2. The summed E-state index contributed by atoms with van der Waals surface area (Å²) in [5.74, 6) is -0.671. The number of hydrogen-bond donors (Lipinski definition) is 1. The van der Waals surface area contributed by atoms with Crippen molar-refractivity contribution in [1.29, 1.82) is 0 Å². The van der Waals surface area contributed by atoms with Gasteiger partial charge < -0.3 is 10.2 Å². The zero-order valence-corrected chi connectivity index (χ0v) is 12.4.